The van der Waals surface area contributed by atoms with Crippen LogP contribution in [0.5, 0.6) is 0 Å². The Balaban J connectivity index is 0.000000373. The highest BCUT2D eigenvalue weighted by Crippen LogP contribution is 2.27. The second-order valence-corrected chi connectivity index (χ2v) is 9.84. The minimum absolute atomic E-state index is 0.345. The summed E-state index contributed by atoms with van der Waals surface area (Å²) in [6, 6.07) is 1.09. The number of carboxylic acid groups (broad SMARTS) is 1. The average molecular weight is 529 g/mol. The van der Waals surface area contributed by atoms with Crippen molar-refractivity contribution in [2.24, 2.45) is 0 Å². The first-order valence-electron chi connectivity index (χ1n) is 14.0. The molecule has 0 bridgehead atoms. The fourth-order valence-corrected chi connectivity index (χ4v) is 4.39. The number of nitrogens with one attached hydrogen (secondary N) is 1. The maximum atomic E-state index is 11.4. The summed E-state index contributed by atoms with van der Waals surface area (Å²) in [5.74, 6) is -0.653. The lowest BCUT2D eigenvalue weighted by Gasteiger charge is -2.16. The molecule has 2 rings (SSSR count). The number of rotatable bonds is 18. The fraction of sp³-hybridized carbons (Fsp3) is 0.815. The van der Waals surface area contributed by atoms with E-state index < -0.39 is 48.4 Å². The van der Waals surface area contributed by atoms with Gasteiger partial charge >= 0.3 is 11.7 Å². The predicted octanol–water partition coefficient (Wildman–Crippen LogP) is 3.48. The number of carbonyl (C=O) groups is 1. The van der Waals surface area contributed by atoms with Gasteiger partial charge in [-0.2, -0.15) is 0 Å². The maximum absolute atomic E-state index is 11.4. The monoisotopic (exact) mass is 528 g/mol. The van der Waals surface area contributed by atoms with Gasteiger partial charge in [0.2, 0.25) is 0 Å². The molecule has 1 saturated heterocycles. The van der Waals surface area contributed by atoms with Crippen molar-refractivity contribution >= 4 is 5.97 Å². The van der Waals surface area contributed by atoms with Gasteiger partial charge in [-0.15, -0.1) is 0 Å². The molecule has 1 aliphatic heterocycles. The second-order valence-electron chi connectivity index (χ2n) is 9.84. The molecule has 10 nitrogen and oxygen atoms in total. The topological polar surface area (TPSA) is 162 Å². The van der Waals surface area contributed by atoms with E-state index >= 15 is 0 Å². The minimum atomic E-state index is -1.35. The summed E-state index contributed by atoms with van der Waals surface area (Å²) in [5, 5.41) is 36.6. The quantitative estimate of drug-likeness (QED) is 0.181. The maximum Gasteiger partial charge on any atom is 0.330 e. The van der Waals surface area contributed by atoms with Crippen LogP contribution in [0.15, 0.2) is 21.9 Å². The van der Waals surface area contributed by atoms with Gasteiger partial charge in [-0.05, 0) is 6.42 Å². The van der Waals surface area contributed by atoms with Crippen molar-refractivity contribution in [3.05, 3.63) is 33.1 Å². The van der Waals surface area contributed by atoms with Gasteiger partial charge in [0.1, 0.15) is 18.3 Å². The number of aliphatic carboxylic acids is 1. The smallest absolute Gasteiger partial charge is 0.330 e. The van der Waals surface area contributed by atoms with E-state index in [9.17, 15) is 24.6 Å². The van der Waals surface area contributed by atoms with Crippen molar-refractivity contribution in [3.8, 4) is 0 Å². The van der Waals surface area contributed by atoms with Gasteiger partial charge in [0.25, 0.3) is 5.56 Å². The number of aromatic amines is 1. The Kier molecular flexibility index (Phi) is 17.9. The Bertz CT molecular complexity index is 840. The normalized spacial score (nSPS) is 21.0. The van der Waals surface area contributed by atoms with Crippen molar-refractivity contribution < 1.29 is 30.0 Å². The van der Waals surface area contributed by atoms with E-state index in [1.807, 2.05) is 4.98 Å². The van der Waals surface area contributed by atoms with Crippen LogP contribution in [0.25, 0.3) is 0 Å². The average Bonchev–Trinajstić information content (AvgIpc) is 3.15. The molecule has 0 radical (unpaired) electrons. The predicted molar refractivity (Wildman–Crippen MR) is 142 cm³/mol. The number of aromatic nitrogens is 2. The number of nitrogens with zero attached hydrogens (tertiary/aromatic N) is 1. The second kappa shape index (κ2) is 20.0. The van der Waals surface area contributed by atoms with Gasteiger partial charge in [0, 0.05) is 18.7 Å². The third-order valence-electron chi connectivity index (χ3n) is 6.64. The first kappa shape index (κ1) is 33.0. The van der Waals surface area contributed by atoms with Crippen LogP contribution in [0, 0.1) is 0 Å². The number of hydrogen-bond donors (Lipinski definition) is 5. The van der Waals surface area contributed by atoms with Gasteiger partial charge in [-0.25, -0.2) is 4.79 Å². The number of carboxylic acids is 1. The third-order valence-corrected chi connectivity index (χ3v) is 6.64. The molecule has 37 heavy (non-hydrogen) atoms. The molecule has 4 atom stereocenters. The highest BCUT2D eigenvalue weighted by molar-refractivity contribution is 5.66. The van der Waals surface area contributed by atoms with Crippen LogP contribution in [-0.2, 0) is 9.53 Å². The van der Waals surface area contributed by atoms with Crippen molar-refractivity contribution in [1.82, 2.24) is 9.55 Å². The van der Waals surface area contributed by atoms with Crippen LogP contribution in [0.2, 0.25) is 0 Å². The van der Waals surface area contributed by atoms with Crippen LogP contribution in [0.4, 0.5) is 0 Å². The Labute approximate surface area is 219 Å². The zero-order valence-corrected chi connectivity index (χ0v) is 22.4. The number of unbranched alkanes of at least 4 members (excludes halogenated alkanes) is 14. The van der Waals surface area contributed by atoms with Crippen LogP contribution in [-0.4, -0.2) is 60.9 Å². The number of hydrogen-bond acceptors (Lipinski definition) is 7. The van der Waals surface area contributed by atoms with E-state index in [1.165, 1.54) is 83.5 Å². The lowest BCUT2D eigenvalue weighted by Crippen LogP contribution is -2.37. The van der Waals surface area contributed by atoms with Crippen molar-refractivity contribution in [2.45, 2.75) is 134 Å². The first-order chi connectivity index (χ1) is 17.8. The van der Waals surface area contributed by atoms with Crippen molar-refractivity contribution in [1.29, 1.82) is 0 Å². The number of H-pyrrole nitrogens is 1. The van der Waals surface area contributed by atoms with E-state index in [4.69, 9.17) is 14.9 Å². The molecule has 214 valence electrons. The molecule has 5 N–H and O–H groups in total. The summed E-state index contributed by atoms with van der Waals surface area (Å²) in [6.07, 6.45) is 16.6. The van der Waals surface area contributed by atoms with E-state index in [0.29, 0.717) is 6.42 Å². The molecule has 0 saturated carbocycles. The first-order valence-corrected chi connectivity index (χ1v) is 14.0. The number of aliphatic hydroxyl groups excluding tert-OH is 3. The summed E-state index contributed by atoms with van der Waals surface area (Å²) < 4.78 is 6.08. The zero-order chi connectivity index (χ0) is 27.5. The Hall–Kier alpha value is -2.01. The summed E-state index contributed by atoms with van der Waals surface area (Å²) in [5.41, 5.74) is -1.33. The molecule has 1 aromatic heterocycles. The molecule has 0 aromatic carbocycles. The van der Waals surface area contributed by atoms with E-state index in [2.05, 4.69) is 6.92 Å². The van der Waals surface area contributed by atoms with Crippen LogP contribution in [0.1, 0.15) is 116 Å². The third kappa shape index (κ3) is 13.9. The zero-order valence-electron chi connectivity index (χ0n) is 22.4. The summed E-state index contributed by atoms with van der Waals surface area (Å²) in [6.45, 7) is 1.79. The molecule has 1 fully saturated rings. The lowest BCUT2D eigenvalue weighted by atomic mass is 10.0. The molecule has 0 aliphatic carbocycles. The highest BCUT2D eigenvalue weighted by Gasteiger charge is 2.43. The van der Waals surface area contributed by atoms with Crippen molar-refractivity contribution in [2.75, 3.05) is 6.61 Å². The molecular formula is C27H48N2O8. The SMILES string of the molecule is CCCCCCCCCCCCCCCCCC(=O)O.O=c1ccn([C@@H]2O[C@H](CO)[C@@H](O)[C@H]2O)c(=O)[nH]1. The largest absolute Gasteiger partial charge is 0.481 e. The van der Waals surface area contributed by atoms with Crippen LogP contribution < -0.4 is 11.2 Å². The van der Waals surface area contributed by atoms with Gasteiger partial charge in [-0.3, -0.25) is 19.1 Å². The molecule has 0 amide bonds. The molecule has 1 aliphatic rings. The Morgan fingerprint density at radius 3 is 1.76 bits per heavy atom. The fourth-order valence-electron chi connectivity index (χ4n) is 4.39. The van der Waals surface area contributed by atoms with E-state index in [-0.39, 0.29) is 0 Å². The van der Waals surface area contributed by atoms with Gasteiger partial charge in [0.05, 0.1) is 6.61 Å². The Morgan fingerprint density at radius 2 is 1.35 bits per heavy atom. The van der Waals surface area contributed by atoms with Gasteiger partial charge < -0.3 is 25.2 Å². The molecule has 0 unspecified atom stereocenters. The number of aliphatic hydroxyl groups is 3. The molecule has 0 spiro atoms. The van der Waals surface area contributed by atoms with E-state index in [0.717, 1.165) is 29.7 Å². The molecule has 10 heteroatoms. The van der Waals surface area contributed by atoms with Crippen LogP contribution in [0.3, 0.4) is 0 Å². The summed E-state index contributed by atoms with van der Waals surface area (Å²) in [7, 11) is 0. The Morgan fingerprint density at radius 1 is 0.865 bits per heavy atom. The summed E-state index contributed by atoms with van der Waals surface area (Å²) in [4.78, 5) is 34.6. The van der Waals surface area contributed by atoms with Gasteiger partial charge in [-0.1, -0.05) is 96.8 Å². The standard InChI is InChI=1S/C18H36O2.C9H12N2O6/c1-2-3-4-5-6-7-8-9-10-11-12-13-14-15-16-17-18(19)20;12-3-4-6(14)7(15)8(17-4)11-2-1-5(13)10-9(11)16/h2-17H2,1H3,(H,19,20);1-2,4,6-8,12,14-15H,3H2,(H,10,13,16)/t;4-,6-,7-,8-/m.1/s1. The molecule has 2 heterocycles. The van der Waals surface area contributed by atoms with Crippen LogP contribution >= 0.6 is 0 Å². The lowest BCUT2D eigenvalue weighted by molar-refractivity contribution is -0.137. The molecule has 1 aromatic rings. The van der Waals surface area contributed by atoms with Gasteiger partial charge in [0.15, 0.2) is 6.23 Å². The van der Waals surface area contributed by atoms with Crippen molar-refractivity contribution in [3.63, 3.8) is 0 Å². The number of ether oxygens (including phenoxy) is 1. The molecular weight excluding hydrogens is 480 g/mol. The highest BCUT2D eigenvalue weighted by atomic mass is 16.6. The summed E-state index contributed by atoms with van der Waals surface area (Å²) >= 11 is 0. The van der Waals surface area contributed by atoms with E-state index in [1.54, 1.807) is 0 Å². The minimum Gasteiger partial charge on any atom is -0.481 e.